The fourth-order valence-corrected chi connectivity index (χ4v) is 4.36. The SMILES string of the molecule is Nc1ccn([C@@H]2O[C@H](COP(=O)(O)O)[C@@H](O)[C@H]2O)c(=O)n1.O=C(CO)N[C@@H]1[C@@H](O)CC(O)(C(=O)O)O[C@H]1C(O)C(O)CO. The second-order valence-corrected chi connectivity index (χ2v) is 10.5. The summed E-state index contributed by atoms with van der Waals surface area (Å²) in [4.78, 5) is 54.5. The summed E-state index contributed by atoms with van der Waals surface area (Å²) in [6, 6.07) is -0.126. The Balaban J connectivity index is 0.000000300. The molecule has 0 bridgehead atoms. The first-order chi connectivity index (χ1) is 19.8. The van der Waals surface area contributed by atoms with Gasteiger partial charge in [-0.3, -0.25) is 13.9 Å². The third kappa shape index (κ3) is 9.41. The number of aromatic nitrogens is 2. The average molecular weight is 648 g/mol. The third-order valence-electron chi connectivity index (χ3n) is 6.18. The van der Waals surface area contributed by atoms with E-state index in [0.717, 1.165) is 4.57 Å². The van der Waals surface area contributed by atoms with Crippen LogP contribution in [0.25, 0.3) is 0 Å². The average Bonchev–Trinajstić information content (AvgIpc) is 3.20. The fourth-order valence-electron chi connectivity index (χ4n) is 4.02. The van der Waals surface area contributed by atoms with Crippen LogP contribution < -0.4 is 16.7 Å². The highest BCUT2D eigenvalue weighted by molar-refractivity contribution is 7.46. The van der Waals surface area contributed by atoms with Crippen LogP contribution in [0.2, 0.25) is 0 Å². The Kier molecular flexibility index (Phi) is 12.6. The Morgan fingerprint density at radius 3 is 2.37 bits per heavy atom. The Labute approximate surface area is 240 Å². The standard InChI is InChI=1S/C11H19NO10.C9H14N3O8P/c13-2-5(16)8(18)9-7(12-6(17)3-14)4(15)1-11(21,22-9)10(19)20;10-5-1-2-12(9(15)11-5)8-7(14)6(13)4(20-8)3-19-21(16,17)18/h4-5,7-9,13-16,18,21H,1-3H2,(H,12,17)(H,19,20);1-2,4,6-8,13-14H,3H2,(H2,10,11,15)(H2,16,17,18)/t4-,5?,7+,8?,9+,11?;4-,6-,7-,8-/m01/s1. The van der Waals surface area contributed by atoms with Gasteiger partial charge in [0.1, 0.15) is 49.0 Å². The summed E-state index contributed by atoms with van der Waals surface area (Å²) in [5.74, 6) is -5.66. The van der Waals surface area contributed by atoms with E-state index >= 15 is 0 Å². The van der Waals surface area contributed by atoms with Crippen molar-refractivity contribution < 1.29 is 83.9 Å². The largest absolute Gasteiger partial charge is 0.477 e. The van der Waals surface area contributed by atoms with Gasteiger partial charge in [-0.25, -0.2) is 14.2 Å². The number of aliphatic hydroxyl groups is 8. The van der Waals surface area contributed by atoms with Gasteiger partial charge in [-0.2, -0.15) is 4.98 Å². The highest BCUT2D eigenvalue weighted by Crippen LogP contribution is 2.38. The number of nitrogens with zero attached hydrogens (tertiary/aromatic N) is 2. The maximum absolute atomic E-state index is 11.6. The number of carbonyl (C=O) groups excluding carboxylic acids is 1. The Hall–Kier alpha value is -2.67. The molecular weight excluding hydrogens is 615 g/mol. The number of ether oxygens (including phenoxy) is 2. The van der Waals surface area contributed by atoms with Gasteiger partial charge in [-0.05, 0) is 6.07 Å². The quantitative estimate of drug-likeness (QED) is 0.105. The summed E-state index contributed by atoms with van der Waals surface area (Å²) in [5, 5.41) is 87.2. The zero-order valence-corrected chi connectivity index (χ0v) is 22.8. The number of phosphoric acid groups is 1. The molecule has 14 N–H and O–H groups in total. The molecule has 2 saturated heterocycles. The number of nitrogens with one attached hydrogen (secondary N) is 1. The minimum absolute atomic E-state index is 0.0225. The predicted octanol–water partition coefficient (Wildman–Crippen LogP) is -7.35. The van der Waals surface area contributed by atoms with Gasteiger partial charge in [0.2, 0.25) is 5.91 Å². The van der Waals surface area contributed by atoms with Crippen molar-refractivity contribution in [2.45, 2.75) is 67.2 Å². The maximum atomic E-state index is 11.6. The van der Waals surface area contributed by atoms with E-state index in [1.807, 2.05) is 0 Å². The van der Waals surface area contributed by atoms with Crippen LogP contribution in [0, 0.1) is 0 Å². The number of carboxylic acids is 1. The number of hydrogen-bond acceptors (Lipinski definition) is 17. The van der Waals surface area contributed by atoms with Crippen LogP contribution >= 0.6 is 7.82 Å². The number of nitrogens with two attached hydrogens (primary N) is 1. The zero-order valence-electron chi connectivity index (χ0n) is 21.9. The van der Waals surface area contributed by atoms with Gasteiger partial charge in [-0.15, -0.1) is 0 Å². The molecule has 22 nitrogen and oxygen atoms in total. The van der Waals surface area contributed by atoms with Crippen molar-refractivity contribution in [3.63, 3.8) is 0 Å². The van der Waals surface area contributed by atoms with Crippen LogP contribution in [0.15, 0.2) is 17.1 Å². The van der Waals surface area contributed by atoms with Crippen molar-refractivity contribution in [1.82, 2.24) is 14.9 Å². The Bertz CT molecular complexity index is 1210. The molecule has 3 rings (SSSR count). The molecule has 1 aromatic heterocycles. The van der Waals surface area contributed by atoms with Crippen LogP contribution in [-0.2, 0) is 28.2 Å². The minimum atomic E-state index is -4.74. The van der Waals surface area contributed by atoms with Crippen LogP contribution in [0.5, 0.6) is 0 Å². The van der Waals surface area contributed by atoms with Crippen molar-refractivity contribution >= 4 is 25.5 Å². The second kappa shape index (κ2) is 14.9. The number of nitrogen functional groups attached to an aromatic ring is 1. The van der Waals surface area contributed by atoms with Gasteiger partial charge in [0.05, 0.1) is 25.4 Å². The molecule has 0 radical (unpaired) electrons. The second-order valence-electron chi connectivity index (χ2n) is 9.31. The number of anilines is 1. The van der Waals surface area contributed by atoms with E-state index < -0.39 is 112 Å². The van der Waals surface area contributed by atoms with Crippen LogP contribution in [0.1, 0.15) is 12.6 Å². The van der Waals surface area contributed by atoms with Crippen molar-refractivity contribution in [2.75, 3.05) is 25.6 Å². The number of phosphoric ester groups is 1. The molecular formula is C20H33N4O18P. The number of aliphatic hydroxyl groups excluding tert-OH is 7. The molecule has 246 valence electrons. The van der Waals surface area contributed by atoms with Crippen LogP contribution in [0.3, 0.4) is 0 Å². The van der Waals surface area contributed by atoms with Crippen molar-refractivity contribution in [1.29, 1.82) is 0 Å². The summed E-state index contributed by atoms with van der Waals surface area (Å²) in [5.41, 5.74) is 4.52. The van der Waals surface area contributed by atoms with Crippen molar-refractivity contribution in [3.05, 3.63) is 22.7 Å². The first-order valence-corrected chi connectivity index (χ1v) is 13.6. The van der Waals surface area contributed by atoms with Gasteiger partial charge < -0.3 is 76.3 Å². The van der Waals surface area contributed by atoms with E-state index in [4.69, 9.17) is 40.3 Å². The molecule has 23 heteroatoms. The van der Waals surface area contributed by atoms with Gasteiger partial charge in [0, 0.05) is 12.6 Å². The van der Waals surface area contributed by atoms with Gasteiger partial charge in [0.15, 0.2) is 6.23 Å². The topological polar surface area (TPSA) is 374 Å². The Morgan fingerprint density at radius 2 is 1.86 bits per heavy atom. The summed E-state index contributed by atoms with van der Waals surface area (Å²) < 4.78 is 25.8. The van der Waals surface area contributed by atoms with Gasteiger partial charge >= 0.3 is 19.5 Å². The summed E-state index contributed by atoms with van der Waals surface area (Å²) in [6.45, 7) is -2.52. The molecule has 3 heterocycles. The molecule has 43 heavy (non-hydrogen) atoms. The number of aliphatic carboxylic acids is 1. The predicted molar refractivity (Wildman–Crippen MR) is 133 cm³/mol. The first-order valence-electron chi connectivity index (χ1n) is 12.1. The normalized spacial score (nSPS) is 32.3. The van der Waals surface area contributed by atoms with Gasteiger partial charge in [-0.1, -0.05) is 0 Å². The van der Waals surface area contributed by atoms with Crippen molar-refractivity contribution in [2.24, 2.45) is 0 Å². The smallest absolute Gasteiger partial charge is 0.469 e. The van der Waals surface area contributed by atoms with E-state index in [2.05, 4.69) is 14.8 Å². The lowest BCUT2D eigenvalue weighted by Gasteiger charge is -2.44. The lowest BCUT2D eigenvalue weighted by atomic mass is 9.88. The molecule has 2 aliphatic rings. The molecule has 0 aliphatic carbocycles. The van der Waals surface area contributed by atoms with Crippen molar-refractivity contribution in [3.8, 4) is 0 Å². The third-order valence-corrected chi connectivity index (χ3v) is 6.66. The maximum Gasteiger partial charge on any atom is 0.469 e. The summed E-state index contributed by atoms with van der Waals surface area (Å²) in [7, 11) is -4.74. The van der Waals surface area contributed by atoms with E-state index in [1.54, 1.807) is 0 Å². The molecule has 3 unspecified atom stereocenters. The number of carbonyl (C=O) groups is 2. The van der Waals surface area contributed by atoms with Crippen LogP contribution in [-0.4, -0.2) is 152 Å². The zero-order chi connectivity index (χ0) is 32.9. The van der Waals surface area contributed by atoms with E-state index in [0.29, 0.717) is 0 Å². The van der Waals surface area contributed by atoms with E-state index in [1.165, 1.54) is 12.3 Å². The molecule has 0 spiro atoms. The summed E-state index contributed by atoms with van der Waals surface area (Å²) in [6.07, 6.45) is -12.2. The molecule has 1 aromatic rings. The lowest BCUT2D eigenvalue weighted by molar-refractivity contribution is -0.295. The molecule has 0 saturated carbocycles. The molecule has 2 aliphatic heterocycles. The molecule has 10 atom stereocenters. The monoisotopic (exact) mass is 648 g/mol. The number of rotatable bonds is 10. The molecule has 1 amide bonds. The molecule has 0 aromatic carbocycles. The minimum Gasteiger partial charge on any atom is -0.477 e. The number of carboxylic acid groups (broad SMARTS) is 1. The van der Waals surface area contributed by atoms with Gasteiger partial charge in [0.25, 0.3) is 5.79 Å². The van der Waals surface area contributed by atoms with E-state index in [-0.39, 0.29) is 5.82 Å². The number of amides is 1. The summed E-state index contributed by atoms with van der Waals surface area (Å²) >= 11 is 0. The highest BCUT2D eigenvalue weighted by Gasteiger charge is 2.54. The highest BCUT2D eigenvalue weighted by atomic mass is 31.2. The van der Waals surface area contributed by atoms with Crippen LogP contribution in [0.4, 0.5) is 5.82 Å². The lowest BCUT2D eigenvalue weighted by Crippen LogP contribution is -2.67. The Morgan fingerprint density at radius 1 is 1.23 bits per heavy atom. The molecule has 2 fully saturated rings. The number of hydrogen-bond donors (Lipinski definition) is 13. The first kappa shape index (κ1) is 36.5. The fraction of sp³-hybridized carbons (Fsp3) is 0.700. The van der Waals surface area contributed by atoms with E-state index in [9.17, 15) is 49.6 Å².